The molecule has 2 aromatic heterocycles. The van der Waals surface area contributed by atoms with Crippen LogP contribution in [-0.2, 0) is 0 Å². The van der Waals surface area contributed by atoms with Crippen LogP contribution in [0.15, 0.2) is 23.1 Å². The Morgan fingerprint density at radius 3 is 2.32 bits per heavy atom. The van der Waals surface area contributed by atoms with Crippen LogP contribution in [0.2, 0.25) is 10.0 Å². The highest BCUT2D eigenvalue weighted by molar-refractivity contribution is 6.41. The van der Waals surface area contributed by atoms with Crippen LogP contribution in [0.3, 0.4) is 0 Å². The number of benzene rings is 1. The Hall–Kier alpha value is -2.51. The van der Waals surface area contributed by atoms with E-state index >= 15 is 0 Å². The molecule has 2 N–H and O–H groups in total. The highest BCUT2D eigenvalue weighted by Crippen LogP contribution is 2.45. The second-order valence-corrected chi connectivity index (χ2v) is 5.80. The van der Waals surface area contributed by atoms with Gasteiger partial charge in [0.2, 0.25) is 5.95 Å². The molecule has 0 bridgehead atoms. The Morgan fingerprint density at radius 1 is 1.12 bits per heavy atom. The van der Waals surface area contributed by atoms with Crippen LogP contribution >= 0.6 is 23.2 Å². The maximum atomic E-state index is 12.6. The van der Waals surface area contributed by atoms with Crippen LogP contribution < -0.4 is 20.3 Å². The molecule has 0 saturated carbocycles. The number of fused-ring (bicyclic) bond motifs is 1. The SMILES string of the molecule is CNc1ncc2cc(-c3c(Cl)c(OC)cc(OC)c3Cl)c(=O)[nH]c2n1. The number of halogens is 2. The van der Waals surface area contributed by atoms with Crippen LogP contribution in [-0.4, -0.2) is 36.2 Å². The molecular formula is C16H14Cl2N4O3. The summed E-state index contributed by atoms with van der Waals surface area (Å²) in [5.74, 6) is 1.09. The number of hydrogen-bond acceptors (Lipinski definition) is 6. The maximum absolute atomic E-state index is 12.6. The van der Waals surface area contributed by atoms with Crippen molar-refractivity contribution in [3.63, 3.8) is 0 Å². The maximum Gasteiger partial charge on any atom is 0.257 e. The summed E-state index contributed by atoms with van der Waals surface area (Å²) in [5, 5.41) is 3.87. The van der Waals surface area contributed by atoms with Crippen molar-refractivity contribution in [3.8, 4) is 22.6 Å². The molecule has 0 radical (unpaired) electrons. The fourth-order valence-corrected chi connectivity index (χ4v) is 3.13. The zero-order valence-corrected chi connectivity index (χ0v) is 15.1. The van der Waals surface area contributed by atoms with E-state index < -0.39 is 5.56 Å². The third kappa shape index (κ3) is 2.96. The number of nitrogens with one attached hydrogen (secondary N) is 2. The molecule has 0 aliphatic rings. The first-order valence-corrected chi connectivity index (χ1v) is 7.94. The number of anilines is 1. The van der Waals surface area contributed by atoms with E-state index in [4.69, 9.17) is 32.7 Å². The van der Waals surface area contributed by atoms with Crippen molar-refractivity contribution in [1.82, 2.24) is 15.0 Å². The Bertz CT molecular complexity index is 992. The average molecular weight is 381 g/mol. The molecule has 0 atom stereocenters. The second kappa shape index (κ2) is 6.78. The van der Waals surface area contributed by atoms with Gasteiger partial charge in [-0.3, -0.25) is 4.79 Å². The predicted octanol–water partition coefficient (Wildman–Crippen LogP) is 3.35. The number of nitrogens with zero attached hydrogens (tertiary/aromatic N) is 2. The van der Waals surface area contributed by atoms with Gasteiger partial charge < -0.3 is 19.8 Å². The van der Waals surface area contributed by atoms with Crippen LogP contribution in [0.25, 0.3) is 22.2 Å². The van der Waals surface area contributed by atoms with E-state index in [-0.39, 0.29) is 15.6 Å². The van der Waals surface area contributed by atoms with Gasteiger partial charge in [-0.05, 0) is 6.07 Å². The van der Waals surface area contributed by atoms with Crippen molar-refractivity contribution in [2.75, 3.05) is 26.6 Å². The lowest BCUT2D eigenvalue weighted by Crippen LogP contribution is -2.11. The Kier molecular flexibility index (Phi) is 4.69. The monoisotopic (exact) mass is 380 g/mol. The number of ether oxygens (including phenoxy) is 2. The molecular weight excluding hydrogens is 367 g/mol. The smallest absolute Gasteiger partial charge is 0.257 e. The molecule has 0 spiro atoms. The first-order chi connectivity index (χ1) is 12.0. The number of hydrogen-bond donors (Lipinski definition) is 2. The first kappa shape index (κ1) is 17.3. The third-order valence-electron chi connectivity index (χ3n) is 3.66. The van der Waals surface area contributed by atoms with Crippen molar-refractivity contribution in [3.05, 3.63) is 38.7 Å². The summed E-state index contributed by atoms with van der Waals surface area (Å²) in [7, 11) is 4.63. The highest BCUT2D eigenvalue weighted by Gasteiger charge is 2.21. The quantitative estimate of drug-likeness (QED) is 0.721. The molecule has 0 aliphatic carbocycles. The van der Waals surface area contributed by atoms with Crippen molar-refractivity contribution in [1.29, 1.82) is 0 Å². The molecule has 130 valence electrons. The minimum Gasteiger partial charge on any atom is -0.495 e. The van der Waals surface area contributed by atoms with Gasteiger partial charge in [-0.2, -0.15) is 4.98 Å². The van der Waals surface area contributed by atoms with Gasteiger partial charge >= 0.3 is 0 Å². The number of rotatable bonds is 4. The van der Waals surface area contributed by atoms with Gasteiger partial charge in [-0.1, -0.05) is 23.2 Å². The molecule has 9 heteroatoms. The lowest BCUT2D eigenvalue weighted by Gasteiger charge is -2.14. The zero-order chi connectivity index (χ0) is 18.1. The fraction of sp³-hybridized carbons (Fsp3) is 0.188. The summed E-state index contributed by atoms with van der Waals surface area (Å²) in [6, 6.07) is 3.19. The highest BCUT2D eigenvalue weighted by atomic mass is 35.5. The lowest BCUT2D eigenvalue weighted by atomic mass is 10.0. The normalized spacial score (nSPS) is 10.8. The first-order valence-electron chi connectivity index (χ1n) is 7.18. The van der Waals surface area contributed by atoms with Gasteiger partial charge in [0, 0.05) is 30.3 Å². The fourth-order valence-electron chi connectivity index (χ4n) is 2.42. The van der Waals surface area contributed by atoms with Crippen molar-refractivity contribution in [2.24, 2.45) is 0 Å². The number of pyridine rings is 1. The molecule has 3 rings (SSSR count). The molecule has 7 nitrogen and oxygen atoms in total. The number of methoxy groups -OCH3 is 2. The van der Waals surface area contributed by atoms with Crippen LogP contribution in [0, 0.1) is 0 Å². The second-order valence-electron chi connectivity index (χ2n) is 5.04. The summed E-state index contributed by atoms with van der Waals surface area (Å²) in [4.78, 5) is 23.7. The Balaban J connectivity index is 2.33. The third-order valence-corrected chi connectivity index (χ3v) is 4.41. The van der Waals surface area contributed by atoms with Crippen molar-refractivity contribution < 1.29 is 9.47 Å². The van der Waals surface area contributed by atoms with E-state index in [1.807, 2.05) is 0 Å². The summed E-state index contributed by atoms with van der Waals surface area (Å²) in [5.41, 5.74) is 0.587. The molecule has 2 heterocycles. The van der Waals surface area contributed by atoms with E-state index in [2.05, 4.69) is 20.3 Å². The molecule has 0 amide bonds. The molecule has 0 unspecified atom stereocenters. The number of H-pyrrole nitrogens is 1. The van der Waals surface area contributed by atoms with Crippen LogP contribution in [0.5, 0.6) is 11.5 Å². The minimum absolute atomic E-state index is 0.214. The molecule has 1 aromatic carbocycles. The van der Waals surface area contributed by atoms with E-state index in [1.54, 1.807) is 25.4 Å². The van der Waals surface area contributed by atoms with Crippen LogP contribution in [0.4, 0.5) is 5.95 Å². The van der Waals surface area contributed by atoms with Gasteiger partial charge in [0.05, 0.1) is 29.8 Å². The molecule has 0 fully saturated rings. The largest absolute Gasteiger partial charge is 0.495 e. The average Bonchev–Trinajstić information content (AvgIpc) is 2.62. The summed E-state index contributed by atoms with van der Waals surface area (Å²) in [6.45, 7) is 0. The lowest BCUT2D eigenvalue weighted by molar-refractivity contribution is 0.395. The van der Waals surface area contributed by atoms with E-state index in [0.29, 0.717) is 34.0 Å². The zero-order valence-electron chi connectivity index (χ0n) is 13.6. The number of aromatic nitrogens is 3. The van der Waals surface area contributed by atoms with E-state index in [0.717, 1.165) is 0 Å². The molecule has 25 heavy (non-hydrogen) atoms. The summed E-state index contributed by atoms with van der Waals surface area (Å²) in [6.07, 6.45) is 1.59. The number of aromatic amines is 1. The molecule has 3 aromatic rings. The molecule has 0 saturated heterocycles. The summed E-state index contributed by atoms with van der Waals surface area (Å²) >= 11 is 12.8. The molecule has 0 aliphatic heterocycles. The topological polar surface area (TPSA) is 89.1 Å². The minimum atomic E-state index is -0.396. The van der Waals surface area contributed by atoms with Gasteiger partial charge in [0.1, 0.15) is 17.1 Å². The van der Waals surface area contributed by atoms with Crippen molar-refractivity contribution >= 4 is 40.2 Å². The predicted molar refractivity (Wildman–Crippen MR) is 98.3 cm³/mol. The van der Waals surface area contributed by atoms with Gasteiger partial charge in [-0.25, -0.2) is 4.98 Å². The van der Waals surface area contributed by atoms with Crippen LogP contribution in [0.1, 0.15) is 0 Å². The van der Waals surface area contributed by atoms with E-state index in [1.165, 1.54) is 14.2 Å². The summed E-state index contributed by atoms with van der Waals surface area (Å²) < 4.78 is 10.5. The van der Waals surface area contributed by atoms with Gasteiger partial charge in [0.25, 0.3) is 5.56 Å². The van der Waals surface area contributed by atoms with E-state index in [9.17, 15) is 4.79 Å². The van der Waals surface area contributed by atoms with Crippen molar-refractivity contribution in [2.45, 2.75) is 0 Å². The standard InChI is InChI=1S/C16H14Cl2N4O3/c1-19-16-20-6-7-4-8(15(23)21-14(7)22-16)11-12(17)9(24-2)5-10(25-3)13(11)18/h4-6H,1-3H3,(H2,19,20,21,22,23). The van der Waals surface area contributed by atoms with Gasteiger partial charge in [-0.15, -0.1) is 0 Å². The van der Waals surface area contributed by atoms with Gasteiger partial charge in [0.15, 0.2) is 0 Å². The Morgan fingerprint density at radius 2 is 1.76 bits per heavy atom. The Labute approximate surface area is 152 Å².